The number of carboxylic acid groups (broad SMARTS) is 1. The molecule has 0 aromatic carbocycles. The van der Waals surface area contributed by atoms with Gasteiger partial charge in [0, 0.05) is 19.5 Å². The zero-order chi connectivity index (χ0) is 16.0. The molecule has 1 aliphatic heterocycles. The van der Waals surface area contributed by atoms with E-state index >= 15 is 0 Å². The van der Waals surface area contributed by atoms with Gasteiger partial charge in [-0.3, -0.25) is 0 Å². The van der Waals surface area contributed by atoms with E-state index in [1.165, 1.54) is 0 Å². The predicted molar refractivity (Wildman–Crippen MR) is 81.8 cm³/mol. The average Bonchev–Trinajstić information content (AvgIpc) is 2.63. The van der Waals surface area contributed by atoms with Gasteiger partial charge in [0.15, 0.2) is 0 Å². The third-order valence-corrected chi connectivity index (χ3v) is 4.16. The quantitative estimate of drug-likeness (QED) is 0.785. The first-order chi connectivity index (χ1) is 9.75. The number of nitrogens with zero attached hydrogens (tertiary/aromatic N) is 1. The number of amides is 2. The van der Waals surface area contributed by atoms with Crippen molar-refractivity contribution in [3.05, 3.63) is 0 Å². The summed E-state index contributed by atoms with van der Waals surface area (Å²) in [5.74, 6) is 1.77. The van der Waals surface area contributed by atoms with Crippen LogP contribution >= 0.6 is 0 Å². The highest BCUT2D eigenvalue weighted by atomic mass is 16.4. The number of hydrogen-bond donors (Lipinski definition) is 2. The maximum absolute atomic E-state index is 12.2. The zero-order valence-electron chi connectivity index (χ0n) is 13.2. The van der Waals surface area contributed by atoms with Gasteiger partial charge in [-0.15, -0.1) is 12.3 Å². The Morgan fingerprint density at radius 3 is 2.57 bits per heavy atom. The van der Waals surface area contributed by atoms with E-state index in [2.05, 4.69) is 32.0 Å². The molecule has 0 radical (unpaired) electrons. The minimum absolute atomic E-state index is 0.000467. The maximum atomic E-state index is 12.2. The van der Waals surface area contributed by atoms with Crippen molar-refractivity contribution in [2.75, 3.05) is 13.1 Å². The van der Waals surface area contributed by atoms with E-state index in [-0.39, 0.29) is 17.9 Å². The first-order valence-corrected chi connectivity index (χ1v) is 7.47. The molecule has 0 spiro atoms. The molecular weight excluding hydrogens is 268 g/mol. The normalized spacial score (nSPS) is 21.0. The smallest absolute Gasteiger partial charge is 0.327 e. The Bertz CT molecular complexity index is 420. The van der Waals surface area contributed by atoms with Gasteiger partial charge in [0.2, 0.25) is 0 Å². The van der Waals surface area contributed by atoms with Crippen LogP contribution in [0.5, 0.6) is 0 Å². The topological polar surface area (TPSA) is 69.6 Å². The van der Waals surface area contributed by atoms with E-state index in [4.69, 9.17) is 11.5 Å². The molecule has 5 heteroatoms. The summed E-state index contributed by atoms with van der Waals surface area (Å²) in [5.41, 5.74) is 0.236. The van der Waals surface area contributed by atoms with Gasteiger partial charge in [0.05, 0.1) is 0 Å². The lowest BCUT2D eigenvalue weighted by molar-refractivity contribution is -0.139. The minimum Gasteiger partial charge on any atom is -0.480 e. The first kappa shape index (κ1) is 17.4. The van der Waals surface area contributed by atoms with Crippen LogP contribution in [0, 0.1) is 23.7 Å². The van der Waals surface area contributed by atoms with E-state index in [0.29, 0.717) is 19.0 Å². The molecule has 2 amide bonds. The van der Waals surface area contributed by atoms with Gasteiger partial charge in [-0.2, -0.15) is 0 Å². The van der Waals surface area contributed by atoms with E-state index in [0.717, 1.165) is 19.3 Å². The molecule has 1 saturated heterocycles. The van der Waals surface area contributed by atoms with Crippen molar-refractivity contribution < 1.29 is 14.7 Å². The number of rotatable bonds is 3. The first-order valence-electron chi connectivity index (χ1n) is 7.47. The fraction of sp³-hybridized carbons (Fsp3) is 0.750. The van der Waals surface area contributed by atoms with Crippen molar-refractivity contribution in [3.63, 3.8) is 0 Å². The molecule has 0 aliphatic carbocycles. The standard InChI is InChI=1S/C16H26N2O3/c1-5-7-13(14(19)20)17-15(21)18-10-6-8-12(9-11-18)16(2,3)4/h1,12-13H,6-11H2,2-4H3,(H,17,21)(H,19,20). The summed E-state index contributed by atoms with van der Waals surface area (Å²) in [6.07, 6.45) is 8.13. The number of aliphatic carboxylic acids is 1. The van der Waals surface area contributed by atoms with Gasteiger partial charge >= 0.3 is 12.0 Å². The number of urea groups is 1. The molecule has 21 heavy (non-hydrogen) atoms. The van der Waals surface area contributed by atoms with Crippen molar-refractivity contribution >= 4 is 12.0 Å². The Morgan fingerprint density at radius 1 is 1.38 bits per heavy atom. The van der Waals surface area contributed by atoms with Gasteiger partial charge < -0.3 is 15.3 Å². The second kappa shape index (κ2) is 7.35. The summed E-state index contributed by atoms with van der Waals surface area (Å²) in [6, 6.07) is -1.34. The molecule has 2 atom stereocenters. The van der Waals surface area contributed by atoms with Gasteiger partial charge in [-0.1, -0.05) is 20.8 Å². The summed E-state index contributed by atoms with van der Waals surface area (Å²) >= 11 is 0. The average molecular weight is 294 g/mol. The van der Waals surface area contributed by atoms with Gasteiger partial charge in [-0.05, 0) is 30.6 Å². The lowest BCUT2D eigenvalue weighted by atomic mass is 9.77. The van der Waals surface area contributed by atoms with Crippen LogP contribution in [0.25, 0.3) is 0 Å². The van der Waals surface area contributed by atoms with Crippen LogP contribution in [-0.4, -0.2) is 41.1 Å². The maximum Gasteiger partial charge on any atom is 0.327 e. The molecule has 0 saturated carbocycles. The van der Waals surface area contributed by atoms with Crippen LogP contribution in [0.1, 0.15) is 46.5 Å². The fourth-order valence-corrected chi connectivity index (χ4v) is 2.72. The number of nitrogens with one attached hydrogen (secondary N) is 1. The van der Waals surface area contributed by atoms with Gasteiger partial charge in [0.25, 0.3) is 0 Å². The number of likely N-dealkylation sites (tertiary alicyclic amines) is 1. The van der Waals surface area contributed by atoms with Crippen LogP contribution in [0.4, 0.5) is 4.79 Å². The highest BCUT2D eigenvalue weighted by Crippen LogP contribution is 2.34. The summed E-state index contributed by atoms with van der Waals surface area (Å²) in [7, 11) is 0. The molecule has 1 fully saturated rings. The molecule has 2 N–H and O–H groups in total. The van der Waals surface area contributed by atoms with Crippen LogP contribution < -0.4 is 5.32 Å². The van der Waals surface area contributed by atoms with Crippen LogP contribution in [0.15, 0.2) is 0 Å². The molecule has 1 aliphatic rings. The van der Waals surface area contributed by atoms with Gasteiger partial charge in [0.1, 0.15) is 6.04 Å². The molecule has 0 bridgehead atoms. The third kappa shape index (κ3) is 5.30. The Morgan fingerprint density at radius 2 is 2.05 bits per heavy atom. The Balaban J connectivity index is 2.59. The number of carbonyl (C=O) groups is 2. The Hall–Kier alpha value is -1.70. The summed E-state index contributed by atoms with van der Waals surface area (Å²) in [4.78, 5) is 24.9. The van der Waals surface area contributed by atoms with E-state index in [1.54, 1.807) is 4.90 Å². The zero-order valence-corrected chi connectivity index (χ0v) is 13.2. The Kier molecular flexibility index (Phi) is 6.07. The lowest BCUT2D eigenvalue weighted by Crippen LogP contribution is -2.48. The minimum atomic E-state index is -1.09. The molecule has 0 aromatic rings. The summed E-state index contributed by atoms with van der Waals surface area (Å²) < 4.78 is 0. The van der Waals surface area contributed by atoms with Crippen molar-refractivity contribution in [1.29, 1.82) is 0 Å². The van der Waals surface area contributed by atoms with Crippen LogP contribution in [0.2, 0.25) is 0 Å². The molecule has 0 aromatic heterocycles. The van der Waals surface area contributed by atoms with Crippen LogP contribution in [-0.2, 0) is 4.79 Å². The van der Waals surface area contributed by atoms with Crippen molar-refractivity contribution in [2.24, 2.45) is 11.3 Å². The molecule has 118 valence electrons. The molecule has 1 heterocycles. The molecular formula is C16H26N2O3. The molecule has 1 rings (SSSR count). The van der Waals surface area contributed by atoms with Crippen molar-refractivity contribution in [3.8, 4) is 12.3 Å². The second-order valence-corrected chi connectivity index (χ2v) is 6.73. The second-order valence-electron chi connectivity index (χ2n) is 6.73. The summed E-state index contributed by atoms with van der Waals surface area (Å²) in [6.45, 7) is 8.00. The number of carboxylic acids is 1. The van der Waals surface area contributed by atoms with Crippen LogP contribution in [0.3, 0.4) is 0 Å². The number of terminal acetylenes is 1. The highest BCUT2D eigenvalue weighted by molar-refractivity contribution is 5.82. The third-order valence-electron chi connectivity index (χ3n) is 4.16. The molecule has 2 unspecified atom stereocenters. The van der Waals surface area contributed by atoms with E-state index in [1.807, 2.05) is 0 Å². The number of hydrogen-bond acceptors (Lipinski definition) is 2. The molecule has 5 nitrogen and oxygen atoms in total. The fourth-order valence-electron chi connectivity index (χ4n) is 2.72. The lowest BCUT2D eigenvalue weighted by Gasteiger charge is -2.29. The highest BCUT2D eigenvalue weighted by Gasteiger charge is 2.29. The van der Waals surface area contributed by atoms with Gasteiger partial charge in [-0.25, -0.2) is 9.59 Å². The number of carbonyl (C=O) groups excluding carboxylic acids is 1. The predicted octanol–water partition coefficient (Wildman–Crippen LogP) is 2.32. The summed E-state index contributed by atoms with van der Waals surface area (Å²) in [5, 5.41) is 11.5. The van der Waals surface area contributed by atoms with E-state index in [9.17, 15) is 9.59 Å². The SMILES string of the molecule is C#CCC(NC(=O)N1CCCC(C(C)(C)C)CC1)C(=O)O. The Labute approximate surface area is 127 Å². The largest absolute Gasteiger partial charge is 0.480 e. The van der Waals surface area contributed by atoms with Crippen molar-refractivity contribution in [2.45, 2.75) is 52.5 Å². The van der Waals surface area contributed by atoms with Crippen molar-refractivity contribution in [1.82, 2.24) is 10.2 Å². The van der Waals surface area contributed by atoms with E-state index < -0.39 is 12.0 Å². The monoisotopic (exact) mass is 294 g/mol.